The Labute approximate surface area is 254 Å². The number of methoxy groups -OCH3 is 2. The van der Waals surface area contributed by atoms with E-state index >= 15 is 0 Å². The molecule has 1 saturated heterocycles. The maximum Gasteiger partial charge on any atom is 0.229 e. The van der Waals surface area contributed by atoms with E-state index in [-0.39, 0.29) is 0 Å². The third-order valence-corrected chi connectivity index (χ3v) is 9.39. The van der Waals surface area contributed by atoms with Gasteiger partial charge in [-0.2, -0.15) is 4.98 Å². The number of ether oxygens (including phenoxy) is 2. The first kappa shape index (κ1) is 30.0. The fourth-order valence-corrected chi connectivity index (χ4v) is 6.82. The molecule has 1 fully saturated rings. The van der Waals surface area contributed by atoms with Gasteiger partial charge in [-0.05, 0) is 55.2 Å². The first-order chi connectivity index (χ1) is 20.1. The van der Waals surface area contributed by atoms with Crippen LogP contribution >= 0.6 is 23.1 Å². The van der Waals surface area contributed by atoms with E-state index in [0.29, 0.717) is 55.7 Å². The molecule has 5 rings (SSSR count). The predicted octanol–water partition coefficient (Wildman–Crippen LogP) is 5.47. The third kappa shape index (κ3) is 6.30. The van der Waals surface area contributed by atoms with Crippen LogP contribution in [0.2, 0.25) is 0 Å². The molecular formula is C29H36BrN8O3P. The molecule has 0 saturated carbocycles. The lowest BCUT2D eigenvalue weighted by molar-refractivity contribution is 0.209. The fourth-order valence-electron chi connectivity index (χ4n) is 5.14. The number of hydrogen-bond acceptors (Lipinski definition) is 11. The first-order valence-corrected chi connectivity index (χ1v) is 17.1. The topological polar surface area (TPSA) is 118 Å². The fraction of sp³-hybridized carbons (Fsp3) is 0.379. The van der Waals surface area contributed by atoms with Crippen molar-refractivity contribution in [1.82, 2.24) is 24.8 Å². The molecule has 2 aromatic carbocycles. The Hall–Kier alpha value is -3.47. The van der Waals surface area contributed by atoms with Crippen molar-refractivity contribution < 1.29 is 14.0 Å². The molecule has 0 aliphatic carbocycles. The van der Waals surface area contributed by atoms with Crippen molar-refractivity contribution >= 4 is 68.2 Å². The average Bonchev–Trinajstić information content (AvgIpc) is 2.97. The molecule has 0 radical (unpaired) electrons. The molecule has 1 aliphatic heterocycles. The van der Waals surface area contributed by atoms with Crippen molar-refractivity contribution in [2.24, 2.45) is 0 Å². The van der Waals surface area contributed by atoms with E-state index < -0.39 is 7.14 Å². The SMILES string of the molecule is COc1cc(N2CCN(C(C)C)CC2)c(OC)cc1Nc1ncc(Br)c(Nc2ccc3nccnc3c2P(C)(C)=O)n1. The molecule has 11 nitrogen and oxygen atoms in total. The monoisotopic (exact) mass is 654 g/mol. The number of hydrogen-bond donors (Lipinski definition) is 2. The lowest BCUT2D eigenvalue weighted by atomic mass is 10.1. The summed E-state index contributed by atoms with van der Waals surface area (Å²) in [6.45, 7) is 11.7. The number of nitrogens with one attached hydrogen (secondary N) is 2. The second-order valence-electron chi connectivity index (χ2n) is 10.7. The van der Waals surface area contributed by atoms with Crippen molar-refractivity contribution in [3.8, 4) is 11.5 Å². The van der Waals surface area contributed by atoms with E-state index in [9.17, 15) is 4.57 Å². The van der Waals surface area contributed by atoms with Gasteiger partial charge in [-0.3, -0.25) is 14.9 Å². The number of benzene rings is 2. The van der Waals surface area contributed by atoms with E-state index in [1.54, 1.807) is 46.1 Å². The van der Waals surface area contributed by atoms with Crippen LogP contribution < -0.4 is 30.3 Å². The molecule has 2 aromatic heterocycles. The molecule has 0 spiro atoms. The second kappa shape index (κ2) is 12.4. The summed E-state index contributed by atoms with van der Waals surface area (Å²) in [7, 11) is 0.568. The van der Waals surface area contributed by atoms with Crippen LogP contribution in [0.15, 0.2) is 47.3 Å². The highest BCUT2D eigenvalue weighted by Crippen LogP contribution is 2.42. The Balaban J connectivity index is 1.44. The van der Waals surface area contributed by atoms with Crippen molar-refractivity contribution in [2.75, 3.05) is 69.3 Å². The normalized spacial score (nSPS) is 14.3. The standard InChI is InChI=1S/C29H36BrN8O3P/c1-18(2)37-11-13-38(14-12-37)23-16-24(40-3)22(15-25(23)41-4)35-29-33-17-19(30)28(36-29)34-21-8-7-20-26(32-10-9-31-20)27(21)42(5,6)39/h7-10,15-18H,11-14H2,1-6H3,(H2,33,34,35,36). The van der Waals surface area contributed by atoms with Gasteiger partial charge in [0.1, 0.15) is 30.0 Å². The van der Waals surface area contributed by atoms with Gasteiger partial charge in [-0.1, -0.05) is 0 Å². The van der Waals surface area contributed by atoms with E-state index in [2.05, 4.69) is 65.2 Å². The van der Waals surface area contributed by atoms with Gasteiger partial charge in [-0.15, -0.1) is 0 Å². The van der Waals surface area contributed by atoms with Crippen molar-refractivity contribution in [3.63, 3.8) is 0 Å². The number of halogens is 1. The van der Waals surface area contributed by atoms with Crippen LogP contribution in [0.5, 0.6) is 11.5 Å². The number of fused-ring (bicyclic) bond motifs is 1. The van der Waals surface area contributed by atoms with Crippen LogP contribution in [0.3, 0.4) is 0 Å². The zero-order valence-corrected chi connectivity index (χ0v) is 27.2. The summed E-state index contributed by atoms with van der Waals surface area (Å²) in [6.07, 6.45) is 4.88. The average molecular weight is 656 g/mol. The summed E-state index contributed by atoms with van der Waals surface area (Å²) in [4.78, 5) is 22.8. The minimum Gasteiger partial charge on any atom is -0.494 e. The lowest BCUT2D eigenvalue weighted by Gasteiger charge is -2.38. The number of anilines is 5. The zero-order chi connectivity index (χ0) is 30.0. The van der Waals surface area contributed by atoms with Crippen molar-refractivity contribution in [3.05, 3.63) is 47.3 Å². The molecule has 13 heteroatoms. The lowest BCUT2D eigenvalue weighted by Crippen LogP contribution is -2.49. The molecule has 0 atom stereocenters. The first-order valence-electron chi connectivity index (χ1n) is 13.7. The van der Waals surface area contributed by atoms with Crippen LogP contribution in [0.25, 0.3) is 11.0 Å². The van der Waals surface area contributed by atoms with Gasteiger partial charge in [0.2, 0.25) is 5.95 Å². The smallest absolute Gasteiger partial charge is 0.229 e. The maximum atomic E-state index is 13.4. The van der Waals surface area contributed by atoms with Crippen molar-refractivity contribution in [2.45, 2.75) is 19.9 Å². The Morgan fingerprint density at radius 3 is 2.31 bits per heavy atom. The van der Waals surface area contributed by atoms with Crippen LogP contribution in [0, 0.1) is 0 Å². The second-order valence-corrected chi connectivity index (χ2v) is 14.7. The summed E-state index contributed by atoms with van der Waals surface area (Å²) < 4.78 is 25.6. The molecule has 2 N–H and O–H groups in total. The van der Waals surface area contributed by atoms with Crippen LogP contribution in [0.4, 0.5) is 28.8 Å². The third-order valence-electron chi connectivity index (χ3n) is 7.28. The molecule has 0 unspecified atom stereocenters. The zero-order valence-electron chi connectivity index (χ0n) is 24.7. The number of aromatic nitrogens is 4. The quantitative estimate of drug-likeness (QED) is 0.224. The van der Waals surface area contributed by atoms with Crippen LogP contribution in [-0.4, -0.2) is 84.6 Å². The Morgan fingerprint density at radius 2 is 1.64 bits per heavy atom. The molecule has 0 bridgehead atoms. The van der Waals surface area contributed by atoms with Gasteiger partial charge in [0.05, 0.1) is 46.6 Å². The molecule has 3 heterocycles. The summed E-state index contributed by atoms with van der Waals surface area (Å²) in [6, 6.07) is 8.12. The van der Waals surface area contributed by atoms with E-state index in [1.807, 2.05) is 24.3 Å². The van der Waals surface area contributed by atoms with Crippen LogP contribution in [0.1, 0.15) is 13.8 Å². The maximum absolute atomic E-state index is 13.4. The van der Waals surface area contributed by atoms with Gasteiger partial charge in [0.25, 0.3) is 0 Å². The van der Waals surface area contributed by atoms with Gasteiger partial charge in [0, 0.05) is 62.9 Å². The molecule has 222 valence electrons. The number of rotatable bonds is 9. The van der Waals surface area contributed by atoms with E-state index in [0.717, 1.165) is 37.6 Å². The Morgan fingerprint density at radius 1 is 0.929 bits per heavy atom. The Bertz CT molecular complexity index is 1640. The highest BCUT2D eigenvalue weighted by molar-refractivity contribution is 9.10. The Kier molecular flexibility index (Phi) is 8.86. The summed E-state index contributed by atoms with van der Waals surface area (Å²) >= 11 is 3.55. The summed E-state index contributed by atoms with van der Waals surface area (Å²) in [5.74, 6) is 2.22. The van der Waals surface area contributed by atoms with Crippen molar-refractivity contribution in [1.29, 1.82) is 0 Å². The highest BCUT2D eigenvalue weighted by Gasteiger charge is 2.24. The number of piperazine rings is 1. The molecule has 4 aromatic rings. The van der Waals surface area contributed by atoms with Gasteiger partial charge in [0.15, 0.2) is 0 Å². The minimum absolute atomic E-state index is 0.345. The molecular weight excluding hydrogens is 619 g/mol. The molecule has 42 heavy (non-hydrogen) atoms. The van der Waals surface area contributed by atoms with E-state index in [4.69, 9.17) is 14.5 Å². The summed E-state index contributed by atoms with van der Waals surface area (Å²) in [5.41, 5.74) is 3.57. The highest BCUT2D eigenvalue weighted by atomic mass is 79.9. The van der Waals surface area contributed by atoms with Gasteiger partial charge < -0.3 is 29.6 Å². The largest absolute Gasteiger partial charge is 0.494 e. The van der Waals surface area contributed by atoms with Gasteiger partial charge >= 0.3 is 0 Å². The van der Waals surface area contributed by atoms with E-state index in [1.165, 1.54) is 0 Å². The molecule has 1 aliphatic rings. The van der Waals surface area contributed by atoms with Crippen LogP contribution in [-0.2, 0) is 4.57 Å². The molecule has 0 amide bonds. The number of nitrogens with zero attached hydrogens (tertiary/aromatic N) is 6. The van der Waals surface area contributed by atoms with Gasteiger partial charge in [-0.25, -0.2) is 4.98 Å². The predicted molar refractivity (Wildman–Crippen MR) is 173 cm³/mol. The minimum atomic E-state index is -2.74. The summed E-state index contributed by atoms with van der Waals surface area (Å²) in [5, 5.41) is 7.24.